The fourth-order valence-corrected chi connectivity index (χ4v) is 4.75. The summed E-state index contributed by atoms with van der Waals surface area (Å²) in [5.74, 6) is -0.670. The highest BCUT2D eigenvalue weighted by Crippen LogP contribution is 2.45. The van der Waals surface area contributed by atoms with Crippen molar-refractivity contribution in [3.63, 3.8) is 0 Å². The lowest BCUT2D eigenvalue weighted by molar-refractivity contribution is -0.143. The smallest absolute Gasteiger partial charge is 0.407 e. The number of hydrogen-bond acceptors (Lipinski definition) is 5. The SMILES string of the molecule is CSCCC(NC(=O)OCC1c2ccccc2-c2ccccc21)C(=O)NCC1(C(=O)O)CC1. The summed E-state index contributed by atoms with van der Waals surface area (Å²) < 4.78 is 5.57. The van der Waals surface area contributed by atoms with Gasteiger partial charge in [0.05, 0.1) is 5.41 Å². The van der Waals surface area contributed by atoms with Gasteiger partial charge in [-0.2, -0.15) is 11.8 Å². The number of carboxylic acids is 1. The number of rotatable bonds is 10. The number of nitrogens with one attached hydrogen (secondary N) is 2. The predicted molar refractivity (Wildman–Crippen MR) is 127 cm³/mol. The molecular weight excluding hydrogens is 440 g/mol. The molecule has 2 aliphatic rings. The van der Waals surface area contributed by atoms with Crippen molar-refractivity contribution in [1.82, 2.24) is 10.6 Å². The lowest BCUT2D eigenvalue weighted by atomic mass is 9.98. The quantitative estimate of drug-likeness (QED) is 0.492. The van der Waals surface area contributed by atoms with Crippen molar-refractivity contribution in [2.24, 2.45) is 5.41 Å². The number of amides is 2. The molecule has 3 N–H and O–H groups in total. The van der Waals surface area contributed by atoms with Gasteiger partial charge in [-0.05, 0) is 53.5 Å². The van der Waals surface area contributed by atoms with Crippen molar-refractivity contribution in [2.45, 2.75) is 31.2 Å². The van der Waals surface area contributed by atoms with Gasteiger partial charge in [0, 0.05) is 12.5 Å². The molecule has 4 rings (SSSR count). The summed E-state index contributed by atoms with van der Waals surface area (Å²) in [7, 11) is 0. The summed E-state index contributed by atoms with van der Waals surface area (Å²) in [6, 6.07) is 15.4. The van der Waals surface area contributed by atoms with E-state index in [0.29, 0.717) is 25.0 Å². The summed E-state index contributed by atoms with van der Waals surface area (Å²) in [4.78, 5) is 36.7. The van der Waals surface area contributed by atoms with Gasteiger partial charge in [-0.25, -0.2) is 4.79 Å². The molecule has 0 heterocycles. The van der Waals surface area contributed by atoms with Crippen LogP contribution in [-0.2, 0) is 14.3 Å². The van der Waals surface area contributed by atoms with Crippen LogP contribution in [0.1, 0.15) is 36.3 Å². The van der Waals surface area contributed by atoms with Gasteiger partial charge in [0.2, 0.25) is 5.91 Å². The summed E-state index contributed by atoms with van der Waals surface area (Å²) >= 11 is 1.57. The lowest BCUT2D eigenvalue weighted by Crippen LogP contribution is -2.49. The fraction of sp³-hybridized carbons (Fsp3) is 0.400. The minimum atomic E-state index is -0.895. The zero-order valence-electron chi connectivity index (χ0n) is 18.5. The van der Waals surface area contributed by atoms with Crippen LogP contribution >= 0.6 is 11.8 Å². The van der Waals surface area contributed by atoms with Gasteiger partial charge in [-0.3, -0.25) is 9.59 Å². The van der Waals surface area contributed by atoms with E-state index in [0.717, 1.165) is 22.3 Å². The molecule has 2 aromatic carbocycles. The first-order chi connectivity index (χ1) is 15.9. The van der Waals surface area contributed by atoms with Gasteiger partial charge in [-0.15, -0.1) is 0 Å². The molecule has 2 aliphatic carbocycles. The van der Waals surface area contributed by atoms with E-state index in [1.165, 1.54) is 0 Å². The zero-order chi connectivity index (χ0) is 23.4. The van der Waals surface area contributed by atoms with Crippen LogP contribution in [0.2, 0.25) is 0 Å². The number of alkyl carbamates (subject to hydrolysis) is 1. The van der Waals surface area contributed by atoms with Crippen molar-refractivity contribution >= 4 is 29.7 Å². The van der Waals surface area contributed by atoms with E-state index in [-0.39, 0.29) is 25.0 Å². The Bertz CT molecular complexity index is 1010. The van der Waals surface area contributed by atoms with Gasteiger partial charge in [-0.1, -0.05) is 48.5 Å². The van der Waals surface area contributed by atoms with E-state index in [2.05, 4.69) is 22.8 Å². The van der Waals surface area contributed by atoms with Crippen LogP contribution in [0.4, 0.5) is 4.79 Å². The maximum absolute atomic E-state index is 12.7. The molecule has 0 saturated heterocycles. The van der Waals surface area contributed by atoms with Crippen molar-refractivity contribution in [2.75, 3.05) is 25.2 Å². The van der Waals surface area contributed by atoms with Crippen LogP contribution < -0.4 is 10.6 Å². The molecule has 7 nitrogen and oxygen atoms in total. The highest BCUT2D eigenvalue weighted by Gasteiger charge is 2.50. The van der Waals surface area contributed by atoms with Gasteiger partial charge in [0.1, 0.15) is 12.6 Å². The maximum Gasteiger partial charge on any atom is 0.407 e. The van der Waals surface area contributed by atoms with Crippen LogP contribution in [0.25, 0.3) is 11.1 Å². The highest BCUT2D eigenvalue weighted by molar-refractivity contribution is 7.98. The molecule has 1 fully saturated rings. The van der Waals surface area contributed by atoms with Crippen LogP contribution in [0.15, 0.2) is 48.5 Å². The van der Waals surface area contributed by atoms with E-state index in [4.69, 9.17) is 4.74 Å². The average Bonchev–Trinajstić information content (AvgIpc) is 3.56. The Labute approximate surface area is 197 Å². The van der Waals surface area contributed by atoms with Gasteiger partial charge in [0.25, 0.3) is 0 Å². The van der Waals surface area contributed by atoms with Gasteiger partial charge >= 0.3 is 12.1 Å². The molecular formula is C25H28N2O5S. The highest BCUT2D eigenvalue weighted by atomic mass is 32.2. The Balaban J connectivity index is 1.37. The van der Waals surface area contributed by atoms with Crippen LogP contribution in [0.3, 0.4) is 0 Å². The number of carbonyl (C=O) groups excluding carboxylic acids is 2. The van der Waals surface area contributed by atoms with Crippen molar-refractivity contribution in [3.8, 4) is 11.1 Å². The summed E-state index contributed by atoms with van der Waals surface area (Å²) in [6.45, 7) is 0.238. The van der Waals surface area contributed by atoms with E-state index in [9.17, 15) is 19.5 Å². The van der Waals surface area contributed by atoms with Crippen molar-refractivity contribution in [1.29, 1.82) is 0 Å². The van der Waals surface area contributed by atoms with E-state index in [1.807, 2.05) is 42.7 Å². The monoisotopic (exact) mass is 468 g/mol. The van der Waals surface area contributed by atoms with E-state index >= 15 is 0 Å². The molecule has 8 heteroatoms. The Kier molecular flexibility index (Phi) is 6.93. The second-order valence-corrected chi connectivity index (χ2v) is 9.59. The molecule has 1 atom stereocenters. The molecule has 1 saturated carbocycles. The standard InChI is InChI=1S/C25H28N2O5S/c1-33-13-10-21(22(28)26-15-25(11-12-25)23(29)30)27-24(31)32-14-20-18-8-4-2-6-16(18)17-7-3-5-9-19(17)20/h2-9,20-21H,10-15H2,1H3,(H,26,28)(H,27,31)(H,29,30). The fourth-order valence-electron chi connectivity index (χ4n) is 4.28. The Morgan fingerprint density at radius 3 is 2.24 bits per heavy atom. The average molecular weight is 469 g/mol. The first kappa shape index (κ1) is 23.2. The molecule has 33 heavy (non-hydrogen) atoms. The van der Waals surface area contributed by atoms with Crippen LogP contribution in [0.5, 0.6) is 0 Å². The number of ether oxygens (including phenoxy) is 1. The van der Waals surface area contributed by atoms with Crippen LogP contribution in [-0.4, -0.2) is 54.3 Å². The minimum Gasteiger partial charge on any atom is -0.481 e. The first-order valence-corrected chi connectivity index (χ1v) is 12.5. The summed E-state index contributed by atoms with van der Waals surface area (Å²) in [6.07, 6.45) is 2.80. The third-order valence-electron chi connectivity index (χ3n) is 6.47. The normalized spacial score (nSPS) is 16.3. The number of fused-ring (bicyclic) bond motifs is 3. The molecule has 0 radical (unpaired) electrons. The summed E-state index contributed by atoms with van der Waals surface area (Å²) in [5.41, 5.74) is 3.67. The Morgan fingerprint density at radius 2 is 1.70 bits per heavy atom. The van der Waals surface area contributed by atoms with Crippen molar-refractivity contribution in [3.05, 3.63) is 59.7 Å². The van der Waals surface area contributed by atoms with Gasteiger partial charge in [0.15, 0.2) is 0 Å². The second kappa shape index (κ2) is 9.87. The Morgan fingerprint density at radius 1 is 1.09 bits per heavy atom. The third-order valence-corrected chi connectivity index (χ3v) is 7.12. The zero-order valence-corrected chi connectivity index (χ0v) is 19.3. The van der Waals surface area contributed by atoms with E-state index < -0.39 is 23.5 Å². The van der Waals surface area contributed by atoms with Gasteiger partial charge < -0.3 is 20.5 Å². The number of benzene rings is 2. The second-order valence-electron chi connectivity index (χ2n) is 8.61. The molecule has 2 aromatic rings. The summed E-state index contributed by atoms with van der Waals surface area (Å²) in [5, 5.41) is 14.7. The lowest BCUT2D eigenvalue weighted by Gasteiger charge is -2.20. The molecule has 2 amide bonds. The molecule has 174 valence electrons. The van der Waals surface area contributed by atoms with Crippen molar-refractivity contribution < 1.29 is 24.2 Å². The topological polar surface area (TPSA) is 105 Å². The first-order valence-electron chi connectivity index (χ1n) is 11.1. The Hall–Kier alpha value is -3.00. The van der Waals surface area contributed by atoms with Crippen LogP contribution in [0, 0.1) is 5.41 Å². The molecule has 0 spiro atoms. The number of carbonyl (C=O) groups is 3. The minimum absolute atomic E-state index is 0.0630. The number of aliphatic carboxylic acids is 1. The third kappa shape index (κ3) is 5.00. The molecule has 0 aliphatic heterocycles. The van der Waals surface area contributed by atoms with E-state index in [1.54, 1.807) is 11.8 Å². The predicted octanol–water partition coefficient (Wildman–Crippen LogP) is 3.63. The number of thioether (sulfide) groups is 1. The molecule has 1 unspecified atom stereocenters. The molecule has 0 aromatic heterocycles. The molecule has 0 bridgehead atoms. The maximum atomic E-state index is 12.7. The number of carboxylic acid groups (broad SMARTS) is 1. The largest absolute Gasteiger partial charge is 0.481 e. The number of hydrogen-bond donors (Lipinski definition) is 3.